The van der Waals surface area contributed by atoms with Crippen molar-refractivity contribution < 1.29 is 14.6 Å². The Morgan fingerprint density at radius 1 is 1.07 bits per heavy atom. The van der Waals surface area contributed by atoms with Crippen LogP contribution < -0.4 is 14.4 Å². The van der Waals surface area contributed by atoms with Crippen LogP contribution in [0, 0.1) is 0 Å². The Bertz CT molecular complexity index is 1200. The summed E-state index contributed by atoms with van der Waals surface area (Å²) in [5, 5.41) is 10.9. The quantitative estimate of drug-likeness (QED) is 0.569. The number of aromatic nitrogens is 4. The van der Waals surface area contributed by atoms with Gasteiger partial charge in [0.2, 0.25) is 5.88 Å². The van der Waals surface area contributed by atoms with Crippen LogP contribution in [0.3, 0.4) is 0 Å². The van der Waals surface area contributed by atoms with Crippen LogP contribution in [0.5, 0.6) is 17.4 Å². The van der Waals surface area contributed by atoms with Gasteiger partial charge in [0.1, 0.15) is 18.2 Å². The number of hydrogen-bond acceptors (Lipinski definition) is 8. The van der Waals surface area contributed by atoms with Gasteiger partial charge in [0, 0.05) is 24.4 Å². The fourth-order valence-electron chi connectivity index (χ4n) is 3.66. The number of phenols is 1. The van der Waals surface area contributed by atoms with E-state index in [-0.39, 0.29) is 11.9 Å². The fourth-order valence-corrected chi connectivity index (χ4v) is 3.66. The molecule has 0 unspecified atom stereocenters. The van der Waals surface area contributed by atoms with Gasteiger partial charge in [-0.15, -0.1) is 0 Å². The second-order valence-electron chi connectivity index (χ2n) is 6.91. The lowest BCUT2D eigenvalue weighted by atomic mass is 10.2. The Morgan fingerprint density at radius 3 is 2.79 bits per heavy atom. The first-order valence-electron chi connectivity index (χ1n) is 9.36. The van der Waals surface area contributed by atoms with Gasteiger partial charge in [0.15, 0.2) is 11.5 Å². The number of ether oxygens (including phenoxy) is 2. The van der Waals surface area contributed by atoms with Crippen LogP contribution in [0.15, 0.2) is 48.9 Å². The van der Waals surface area contributed by atoms with Gasteiger partial charge < -0.3 is 19.5 Å². The fraction of sp³-hybridized carbons (Fsp3) is 0.238. The molecule has 8 heteroatoms. The Kier molecular flexibility index (Phi) is 4.23. The van der Waals surface area contributed by atoms with Crippen LogP contribution in [0.4, 0.5) is 5.82 Å². The van der Waals surface area contributed by atoms with E-state index in [1.807, 2.05) is 24.3 Å². The summed E-state index contributed by atoms with van der Waals surface area (Å²) in [6.45, 7) is 1.44. The lowest BCUT2D eigenvalue weighted by Crippen LogP contribution is -2.25. The van der Waals surface area contributed by atoms with E-state index < -0.39 is 0 Å². The third-order valence-electron chi connectivity index (χ3n) is 5.07. The molecule has 0 saturated carbocycles. The van der Waals surface area contributed by atoms with Crippen molar-refractivity contribution in [2.24, 2.45) is 0 Å². The van der Waals surface area contributed by atoms with Crippen LogP contribution in [-0.2, 0) is 0 Å². The summed E-state index contributed by atoms with van der Waals surface area (Å²) in [6, 6.07) is 11.1. The SMILES string of the molecule is COc1cc2ncnc(N3CC[C@@H](Oc4cnc5ccccc5n4)C3)c2cc1O. The molecule has 0 amide bonds. The minimum atomic E-state index is -0.0256. The van der Waals surface area contributed by atoms with E-state index in [0.717, 1.165) is 40.7 Å². The van der Waals surface area contributed by atoms with Crippen LogP contribution in [0.25, 0.3) is 21.9 Å². The zero-order chi connectivity index (χ0) is 19.8. The summed E-state index contributed by atoms with van der Waals surface area (Å²) < 4.78 is 11.3. The van der Waals surface area contributed by atoms with Crippen molar-refractivity contribution in [1.82, 2.24) is 19.9 Å². The topological polar surface area (TPSA) is 93.5 Å². The van der Waals surface area contributed by atoms with E-state index in [1.165, 1.54) is 13.4 Å². The number of phenolic OH excluding ortho intramolecular Hbond substituents is 1. The highest BCUT2D eigenvalue weighted by Gasteiger charge is 2.27. The molecule has 2 aromatic heterocycles. The standard InChI is InChI=1S/C21H19N5O3/c1-28-19-9-17-14(8-18(19)27)21(24-12-23-17)26-7-6-13(11-26)29-20-10-22-15-4-2-3-5-16(15)25-20/h2-5,8-10,12-13,27H,6-7,11H2,1H3/t13-/m1/s1. The van der Waals surface area contributed by atoms with Gasteiger partial charge >= 0.3 is 0 Å². The van der Waals surface area contributed by atoms with E-state index in [2.05, 4.69) is 24.8 Å². The summed E-state index contributed by atoms with van der Waals surface area (Å²) in [7, 11) is 1.51. The molecule has 1 aliphatic heterocycles. The summed E-state index contributed by atoms with van der Waals surface area (Å²) in [4.78, 5) is 19.8. The molecule has 146 valence electrons. The maximum absolute atomic E-state index is 10.2. The Labute approximate surface area is 166 Å². The first kappa shape index (κ1) is 17.4. The first-order valence-corrected chi connectivity index (χ1v) is 9.36. The van der Waals surface area contributed by atoms with Crippen LogP contribution >= 0.6 is 0 Å². The van der Waals surface area contributed by atoms with E-state index >= 15 is 0 Å². The van der Waals surface area contributed by atoms with Crippen LogP contribution in [0.1, 0.15) is 6.42 Å². The number of aromatic hydroxyl groups is 1. The van der Waals surface area contributed by atoms with Gasteiger partial charge in [-0.05, 0) is 18.2 Å². The molecule has 8 nitrogen and oxygen atoms in total. The molecular formula is C21H19N5O3. The molecule has 29 heavy (non-hydrogen) atoms. The average molecular weight is 389 g/mol. The van der Waals surface area contributed by atoms with Crippen molar-refractivity contribution in [3.8, 4) is 17.4 Å². The van der Waals surface area contributed by atoms with Gasteiger partial charge in [-0.3, -0.25) is 0 Å². The lowest BCUT2D eigenvalue weighted by Gasteiger charge is -2.19. The second kappa shape index (κ2) is 7.05. The van der Waals surface area contributed by atoms with Crippen LogP contribution in [0.2, 0.25) is 0 Å². The molecule has 1 atom stereocenters. The minimum absolute atomic E-state index is 0.0256. The maximum atomic E-state index is 10.2. The van der Waals surface area contributed by atoms with E-state index in [1.54, 1.807) is 18.3 Å². The smallest absolute Gasteiger partial charge is 0.233 e. The number of para-hydroxylation sites is 2. The number of hydrogen-bond donors (Lipinski definition) is 1. The Morgan fingerprint density at radius 2 is 1.93 bits per heavy atom. The monoisotopic (exact) mass is 389 g/mol. The van der Waals surface area contributed by atoms with Gasteiger partial charge in [-0.25, -0.2) is 19.9 Å². The number of fused-ring (bicyclic) bond motifs is 2. The van der Waals surface area contributed by atoms with Gasteiger partial charge in [-0.1, -0.05) is 12.1 Å². The van der Waals surface area contributed by atoms with E-state index in [0.29, 0.717) is 18.2 Å². The molecule has 1 fully saturated rings. The van der Waals surface area contributed by atoms with Crippen molar-refractivity contribution in [2.75, 3.05) is 25.1 Å². The third-order valence-corrected chi connectivity index (χ3v) is 5.07. The third kappa shape index (κ3) is 3.22. The van der Waals surface area contributed by atoms with Gasteiger partial charge in [0.25, 0.3) is 0 Å². The maximum Gasteiger partial charge on any atom is 0.233 e. The highest BCUT2D eigenvalue weighted by atomic mass is 16.5. The molecule has 0 radical (unpaired) electrons. The molecule has 4 aromatic rings. The molecule has 1 aliphatic rings. The van der Waals surface area contributed by atoms with Crippen LogP contribution in [-0.4, -0.2) is 51.3 Å². The molecule has 1 N–H and O–H groups in total. The highest BCUT2D eigenvalue weighted by Crippen LogP contribution is 2.35. The number of nitrogens with zero attached hydrogens (tertiary/aromatic N) is 5. The predicted molar refractivity (Wildman–Crippen MR) is 109 cm³/mol. The Balaban J connectivity index is 1.38. The van der Waals surface area contributed by atoms with Gasteiger partial charge in [-0.2, -0.15) is 0 Å². The molecule has 0 aliphatic carbocycles. The normalized spacial score (nSPS) is 16.4. The summed E-state index contributed by atoms with van der Waals surface area (Å²) in [5.41, 5.74) is 2.37. The second-order valence-corrected chi connectivity index (χ2v) is 6.91. The summed E-state index contributed by atoms with van der Waals surface area (Å²) in [6.07, 6.45) is 4.00. The van der Waals surface area contributed by atoms with Crippen molar-refractivity contribution in [1.29, 1.82) is 0 Å². The van der Waals surface area contributed by atoms with Crippen molar-refractivity contribution >= 4 is 27.8 Å². The van der Waals surface area contributed by atoms with Crippen molar-refractivity contribution in [2.45, 2.75) is 12.5 Å². The van der Waals surface area contributed by atoms with E-state index in [4.69, 9.17) is 9.47 Å². The van der Waals surface area contributed by atoms with E-state index in [9.17, 15) is 5.11 Å². The molecular weight excluding hydrogens is 370 g/mol. The van der Waals surface area contributed by atoms with Crippen molar-refractivity contribution in [3.63, 3.8) is 0 Å². The molecule has 2 aromatic carbocycles. The van der Waals surface area contributed by atoms with Gasteiger partial charge in [0.05, 0.1) is 36.4 Å². The number of rotatable bonds is 4. The average Bonchev–Trinajstić information content (AvgIpc) is 3.21. The zero-order valence-electron chi connectivity index (χ0n) is 15.8. The molecule has 1 saturated heterocycles. The molecule has 5 rings (SSSR count). The number of benzene rings is 2. The molecule has 0 bridgehead atoms. The summed E-state index contributed by atoms with van der Waals surface area (Å²) >= 11 is 0. The molecule has 0 spiro atoms. The molecule has 3 heterocycles. The first-order chi connectivity index (χ1) is 14.2. The Hall–Kier alpha value is -3.68. The highest BCUT2D eigenvalue weighted by molar-refractivity contribution is 5.92. The summed E-state index contributed by atoms with van der Waals surface area (Å²) in [5.74, 6) is 1.74. The zero-order valence-corrected chi connectivity index (χ0v) is 15.8. The van der Waals surface area contributed by atoms with Crippen molar-refractivity contribution in [3.05, 3.63) is 48.9 Å². The lowest BCUT2D eigenvalue weighted by molar-refractivity contribution is 0.216. The number of anilines is 1. The number of methoxy groups -OCH3 is 1. The predicted octanol–water partition coefficient (Wildman–Crippen LogP) is 2.94. The largest absolute Gasteiger partial charge is 0.504 e. The minimum Gasteiger partial charge on any atom is -0.504 e.